The lowest BCUT2D eigenvalue weighted by Gasteiger charge is -1.85. The summed E-state index contributed by atoms with van der Waals surface area (Å²) < 4.78 is 2.93. The molecule has 0 bridgehead atoms. The van der Waals surface area contributed by atoms with Crippen molar-refractivity contribution in [3.05, 3.63) is 10.7 Å². The zero-order valence-electron chi connectivity index (χ0n) is 3.99. The molecule has 0 saturated carbocycles. The highest BCUT2D eigenvalue weighted by Gasteiger charge is 2.05. The molecule has 1 aliphatic rings. The maximum Gasteiger partial charge on any atom is 0.111 e. The van der Waals surface area contributed by atoms with E-state index in [-0.39, 0.29) is 0 Å². The summed E-state index contributed by atoms with van der Waals surface area (Å²) in [5.41, 5.74) is 1.24. The molecule has 0 saturated heterocycles. The molecule has 1 nitrogen and oxygen atoms in total. The number of halogens is 1. The van der Waals surface area contributed by atoms with Crippen LogP contribution >= 0.6 is 23.5 Å². The Labute approximate surface area is 52.3 Å². The fourth-order valence-corrected chi connectivity index (χ4v) is 1.40. The first-order chi connectivity index (χ1) is 3.30. The van der Waals surface area contributed by atoms with Crippen molar-refractivity contribution in [1.29, 1.82) is 0 Å². The first kappa shape index (κ1) is 5.32. The maximum atomic E-state index is 5.61. The van der Waals surface area contributed by atoms with Crippen LogP contribution in [-0.4, -0.2) is 5.75 Å². The van der Waals surface area contributed by atoms with Gasteiger partial charge >= 0.3 is 0 Å². The molecule has 0 radical (unpaired) electrons. The molecular formula is C4H6ClNS. The second-order valence-corrected chi connectivity index (χ2v) is 2.64. The van der Waals surface area contributed by atoms with Crippen LogP contribution in [0, 0.1) is 0 Å². The van der Waals surface area contributed by atoms with Crippen LogP contribution in [0.4, 0.5) is 0 Å². The van der Waals surface area contributed by atoms with Crippen LogP contribution in [0.3, 0.4) is 0 Å². The highest BCUT2D eigenvalue weighted by atomic mass is 35.5. The van der Waals surface area contributed by atoms with Crippen LogP contribution in [-0.2, 0) is 0 Å². The second-order valence-electron chi connectivity index (χ2n) is 1.49. The summed E-state index contributed by atoms with van der Waals surface area (Å²) in [6.07, 6.45) is 0. The molecule has 0 aromatic carbocycles. The third kappa shape index (κ3) is 1.04. The summed E-state index contributed by atoms with van der Waals surface area (Å²) >= 11 is 7.24. The number of hydrogen-bond acceptors (Lipinski definition) is 2. The molecule has 0 aromatic heterocycles. The van der Waals surface area contributed by atoms with Crippen LogP contribution in [0.25, 0.3) is 0 Å². The summed E-state index contributed by atoms with van der Waals surface area (Å²) in [6, 6.07) is 0. The topological polar surface area (TPSA) is 12.0 Å². The van der Waals surface area contributed by atoms with E-state index in [0.717, 1.165) is 10.9 Å². The van der Waals surface area contributed by atoms with Gasteiger partial charge in [0.05, 0.1) is 0 Å². The van der Waals surface area contributed by atoms with Gasteiger partial charge in [-0.1, -0.05) is 11.6 Å². The normalized spacial score (nSPS) is 20.3. The van der Waals surface area contributed by atoms with Crippen molar-refractivity contribution in [1.82, 2.24) is 4.72 Å². The van der Waals surface area contributed by atoms with E-state index in [9.17, 15) is 0 Å². The fraction of sp³-hybridized carbons (Fsp3) is 0.500. The Morgan fingerprint density at radius 1 is 1.86 bits per heavy atom. The number of nitrogens with one attached hydrogen (secondary N) is 1. The van der Waals surface area contributed by atoms with E-state index < -0.39 is 0 Å². The predicted octanol–water partition coefficient (Wildman–Crippen LogP) is 1.71. The highest BCUT2D eigenvalue weighted by Crippen LogP contribution is 2.20. The molecule has 0 spiro atoms. The minimum atomic E-state index is 0.810. The molecule has 0 atom stereocenters. The Balaban J connectivity index is 2.64. The molecule has 40 valence electrons. The molecule has 1 rings (SSSR count). The summed E-state index contributed by atoms with van der Waals surface area (Å²) in [5.74, 6) is 1.03. The largest absolute Gasteiger partial charge is 0.320 e. The van der Waals surface area contributed by atoms with E-state index in [2.05, 4.69) is 4.72 Å². The van der Waals surface area contributed by atoms with Crippen LogP contribution in [0.5, 0.6) is 0 Å². The molecule has 1 N–H and O–H groups in total. The van der Waals surface area contributed by atoms with E-state index in [1.54, 1.807) is 11.9 Å². The zero-order valence-corrected chi connectivity index (χ0v) is 5.57. The Morgan fingerprint density at radius 3 is 2.71 bits per heavy atom. The van der Waals surface area contributed by atoms with E-state index in [0.29, 0.717) is 0 Å². The van der Waals surface area contributed by atoms with Crippen molar-refractivity contribution in [2.75, 3.05) is 5.75 Å². The van der Waals surface area contributed by atoms with Gasteiger partial charge in [0, 0.05) is 5.75 Å². The standard InChI is InChI=1S/C4H6ClNS/c1-3-2-7-6-4(3)5/h6H,2H2,1H3. The smallest absolute Gasteiger partial charge is 0.111 e. The molecule has 0 aromatic rings. The van der Waals surface area contributed by atoms with Gasteiger partial charge in [-0.2, -0.15) is 0 Å². The third-order valence-corrected chi connectivity index (χ3v) is 2.28. The number of rotatable bonds is 0. The summed E-state index contributed by atoms with van der Waals surface area (Å²) in [4.78, 5) is 0. The lowest BCUT2D eigenvalue weighted by atomic mass is 10.4. The maximum absolute atomic E-state index is 5.61. The SMILES string of the molecule is CC1=C(Cl)NSC1. The van der Waals surface area contributed by atoms with Gasteiger partial charge in [-0.15, -0.1) is 0 Å². The van der Waals surface area contributed by atoms with Gasteiger partial charge in [0.15, 0.2) is 0 Å². The average Bonchev–Trinajstić information content (AvgIpc) is 1.91. The van der Waals surface area contributed by atoms with E-state index in [1.807, 2.05) is 6.92 Å². The van der Waals surface area contributed by atoms with Crippen LogP contribution in [0.1, 0.15) is 6.92 Å². The lowest BCUT2D eigenvalue weighted by Crippen LogP contribution is -1.87. The molecule has 0 unspecified atom stereocenters. The van der Waals surface area contributed by atoms with Gasteiger partial charge in [-0.05, 0) is 24.4 Å². The second kappa shape index (κ2) is 1.97. The van der Waals surface area contributed by atoms with Gasteiger partial charge in [0.1, 0.15) is 5.16 Å². The van der Waals surface area contributed by atoms with Crippen LogP contribution < -0.4 is 4.72 Å². The summed E-state index contributed by atoms with van der Waals surface area (Å²) in [6.45, 7) is 2.02. The van der Waals surface area contributed by atoms with E-state index in [1.165, 1.54) is 5.57 Å². The molecule has 0 aliphatic carbocycles. The van der Waals surface area contributed by atoms with Crippen molar-refractivity contribution < 1.29 is 0 Å². The first-order valence-electron chi connectivity index (χ1n) is 2.04. The van der Waals surface area contributed by atoms with E-state index >= 15 is 0 Å². The first-order valence-corrected chi connectivity index (χ1v) is 3.40. The predicted molar refractivity (Wildman–Crippen MR) is 34.1 cm³/mol. The summed E-state index contributed by atoms with van der Waals surface area (Å²) in [5, 5.41) is 0.810. The Bertz CT molecular complexity index is 98.3. The van der Waals surface area contributed by atoms with Gasteiger partial charge in [0.25, 0.3) is 0 Å². The monoisotopic (exact) mass is 135 g/mol. The summed E-state index contributed by atoms with van der Waals surface area (Å²) in [7, 11) is 0. The molecule has 3 heteroatoms. The number of hydrogen-bond donors (Lipinski definition) is 1. The van der Waals surface area contributed by atoms with Crippen molar-refractivity contribution >= 4 is 23.5 Å². The Kier molecular flexibility index (Phi) is 1.50. The van der Waals surface area contributed by atoms with Crippen molar-refractivity contribution in [2.24, 2.45) is 0 Å². The average molecular weight is 136 g/mol. The van der Waals surface area contributed by atoms with Crippen molar-refractivity contribution in [3.8, 4) is 0 Å². The third-order valence-electron chi connectivity index (χ3n) is 0.825. The quantitative estimate of drug-likeness (QED) is 0.401. The molecule has 1 heterocycles. The Hall–Kier alpha value is 0.180. The van der Waals surface area contributed by atoms with Crippen molar-refractivity contribution in [2.45, 2.75) is 6.92 Å². The van der Waals surface area contributed by atoms with Gasteiger partial charge < -0.3 is 4.72 Å². The molecule has 0 amide bonds. The minimum absolute atomic E-state index is 0.810. The molecular weight excluding hydrogens is 130 g/mol. The van der Waals surface area contributed by atoms with Crippen molar-refractivity contribution in [3.63, 3.8) is 0 Å². The van der Waals surface area contributed by atoms with Gasteiger partial charge in [-0.25, -0.2) is 0 Å². The van der Waals surface area contributed by atoms with Crippen LogP contribution in [0.15, 0.2) is 10.7 Å². The minimum Gasteiger partial charge on any atom is -0.320 e. The zero-order chi connectivity index (χ0) is 5.28. The van der Waals surface area contributed by atoms with Gasteiger partial charge in [0.2, 0.25) is 0 Å². The van der Waals surface area contributed by atoms with Crippen LogP contribution in [0.2, 0.25) is 0 Å². The molecule has 0 fully saturated rings. The Morgan fingerprint density at radius 2 is 2.57 bits per heavy atom. The fourth-order valence-electron chi connectivity index (χ4n) is 0.358. The molecule has 1 aliphatic heterocycles. The van der Waals surface area contributed by atoms with E-state index in [4.69, 9.17) is 11.6 Å². The van der Waals surface area contributed by atoms with Gasteiger partial charge in [-0.3, -0.25) is 0 Å². The highest BCUT2D eigenvalue weighted by molar-refractivity contribution is 7.98. The lowest BCUT2D eigenvalue weighted by molar-refractivity contribution is 1.32. The molecule has 7 heavy (non-hydrogen) atoms.